The van der Waals surface area contributed by atoms with Crippen molar-refractivity contribution in [3.8, 4) is 0 Å². The van der Waals surface area contributed by atoms with E-state index in [1.165, 1.54) is 44.5 Å². The highest BCUT2D eigenvalue weighted by Gasteiger charge is 2.22. The molecule has 1 aromatic heterocycles. The predicted octanol–water partition coefficient (Wildman–Crippen LogP) is 1.76. The molecule has 1 saturated carbocycles. The fraction of sp³-hybridized carbons (Fsp3) is 0.615. The monoisotopic (exact) mass is 248 g/mol. The number of amides is 1. The number of nitrogen functional groups attached to an aromatic ring is 1. The van der Waals surface area contributed by atoms with Crippen LogP contribution in [0.2, 0.25) is 0 Å². The van der Waals surface area contributed by atoms with Crippen LogP contribution in [0.1, 0.15) is 49.5 Å². The third-order valence-electron chi connectivity index (χ3n) is 3.60. The minimum Gasteiger partial charge on any atom is -0.382 e. The van der Waals surface area contributed by atoms with Gasteiger partial charge >= 0.3 is 0 Å². The molecule has 1 unspecified atom stereocenters. The van der Waals surface area contributed by atoms with Crippen molar-refractivity contribution in [2.24, 2.45) is 5.92 Å². The van der Waals surface area contributed by atoms with Crippen molar-refractivity contribution < 1.29 is 4.79 Å². The van der Waals surface area contributed by atoms with Gasteiger partial charge in [0.2, 0.25) is 0 Å². The molecular formula is C13H20N4O. The zero-order chi connectivity index (χ0) is 13.0. The zero-order valence-corrected chi connectivity index (χ0v) is 10.7. The molecule has 18 heavy (non-hydrogen) atoms. The molecule has 0 bridgehead atoms. The van der Waals surface area contributed by atoms with E-state index in [0.29, 0.717) is 5.92 Å². The van der Waals surface area contributed by atoms with Crippen LogP contribution in [0.3, 0.4) is 0 Å². The lowest BCUT2D eigenvalue weighted by Crippen LogP contribution is -2.39. The number of nitrogens with two attached hydrogens (primary N) is 1. The molecule has 0 aliphatic heterocycles. The van der Waals surface area contributed by atoms with Crippen molar-refractivity contribution >= 4 is 11.7 Å². The Morgan fingerprint density at radius 3 is 2.78 bits per heavy atom. The molecule has 0 radical (unpaired) electrons. The largest absolute Gasteiger partial charge is 0.382 e. The minimum absolute atomic E-state index is 0.182. The maximum absolute atomic E-state index is 12.0. The Kier molecular flexibility index (Phi) is 4.12. The van der Waals surface area contributed by atoms with Gasteiger partial charge in [-0.1, -0.05) is 19.3 Å². The first kappa shape index (κ1) is 12.8. The summed E-state index contributed by atoms with van der Waals surface area (Å²) in [4.78, 5) is 19.8. The molecule has 98 valence electrons. The SMILES string of the molecule is CC(NC(=O)c1cncc(N)n1)C1CCCCC1. The van der Waals surface area contributed by atoms with E-state index in [-0.39, 0.29) is 23.5 Å². The summed E-state index contributed by atoms with van der Waals surface area (Å²) < 4.78 is 0. The Labute approximate surface area is 107 Å². The lowest BCUT2D eigenvalue weighted by atomic mass is 9.84. The summed E-state index contributed by atoms with van der Waals surface area (Å²) in [5.74, 6) is 0.664. The molecule has 1 aliphatic carbocycles. The fourth-order valence-electron chi connectivity index (χ4n) is 2.52. The number of carbonyl (C=O) groups excluding carboxylic acids is 1. The highest BCUT2D eigenvalue weighted by molar-refractivity contribution is 5.92. The molecule has 1 amide bonds. The average Bonchev–Trinajstić information content (AvgIpc) is 2.39. The number of aromatic nitrogens is 2. The molecule has 1 aliphatic rings. The van der Waals surface area contributed by atoms with Crippen molar-refractivity contribution in [1.29, 1.82) is 0 Å². The number of hydrogen-bond acceptors (Lipinski definition) is 4. The minimum atomic E-state index is -0.187. The van der Waals surface area contributed by atoms with Crippen LogP contribution in [-0.2, 0) is 0 Å². The molecule has 1 aromatic rings. The third-order valence-corrected chi connectivity index (χ3v) is 3.60. The molecule has 5 nitrogen and oxygen atoms in total. The quantitative estimate of drug-likeness (QED) is 0.854. The number of rotatable bonds is 3. The van der Waals surface area contributed by atoms with Crippen LogP contribution >= 0.6 is 0 Å². The van der Waals surface area contributed by atoms with Gasteiger partial charge in [0.15, 0.2) is 0 Å². The van der Waals surface area contributed by atoms with E-state index in [1.54, 1.807) is 0 Å². The van der Waals surface area contributed by atoms with Crippen LogP contribution in [0.4, 0.5) is 5.82 Å². The van der Waals surface area contributed by atoms with Crippen molar-refractivity contribution in [1.82, 2.24) is 15.3 Å². The topological polar surface area (TPSA) is 80.9 Å². The highest BCUT2D eigenvalue weighted by atomic mass is 16.1. The second-order valence-corrected chi connectivity index (χ2v) is 4.99. The first-order chi connectivity index (χ1) is 8.66. The first-order valence-electron chi connectivity index (χ1n) is 6.55. The van der Waals surface area contributed by atoms with Crippen molar-refractivity contribution in [2.75, 3.05) is 5.73 Å². The van der Waals surface area contributed by atoms with Crippen LogP contribution in [0.25, 0.3) is 0 Å². The zero-order valence-electron chi connectivity index (χ0n) is 10.7. The summed E-state index contributed by atoms with van der Waals surface area (Å²) in [6, 6.07) is 0.182. The molecule has 0 aromatic carbocycles. The fourth-order valence-corrected chi connectivity index (χ4v) is 2.52. The Hall–Kier alpha value is -1.65. The summed E-state index contributed by atoms with van der Waals surface area (Å²) in [7, 11) is 0. The van der Waals surface area contributed by atoms with E-state index in [4.69, 9.17) is 5.73 Å². The Morgan fingerprint density at radius 1 is 1.39 bits per heavy atom. The molecule has 1 atom stereocenters. The van der Waals surface area contributed by atoms with Gasteiger partial charge in [-0.05, 0) is 25.7 Å². The summed E-state index contributed by atoms with van der Waals surface area (Å²) in [6.45, 7) is 2.06. The highest BCUT2D eigenvalue weighted by Crippen LogP contribution is 2.26. The number of anilines is 1. The number of hydrogen-bond donors (Lipinski definition) is 2. The maximum Gasteiger partial charge on any atom is 0.271 e. The maximum atomic E-state index is 12.0. The van der Waals surface area contributed by atoms with Gasteiger partial charge in [0.1, 0.15) is 11.5 Å². The lowest BCUT2D eigenvalue weighted by Gasteiger charge is -2.28. The van der Waals surface area contributed by atoms with Gasteiger partial charge < -0.3 is 11.1 Å². The smallest absolute Gasteiger partial charge is 0.271 e. The number of nitrogens with zero attached hydrogens (tertiary/aromatic N) is 2. The Balaban J connectivity index is 1.94. The van der Waals surface area contributed by atoms with Gasteiger partial charge in [-0.15, -0.1) is 0 Å². The van der Waals surface area contributed by atoms with E-state index >= 15 is 0 Å². The molecule has 3 N–H and O–H groups in total. The van der Waals surface area contributed by atoms with Gasteiger partial charge in [-0.3, -0.25) is 9.78 Å². The van der Waals surface area contributed by atoms with E-state index in [1.807, 2.05) is 0 Å². The van der Waals surface area contributed by atoms with Gasteiger partial charge in [-0.25, -0.2) is 4.98 Å². The van der Waals surface area contributed by atoms with Crippen LogP contribution < -0.4 is 11.1 Å². The van der Waals surface area contributed by atoms with Crippen molar-refractivity contribution in [3.05, 3.63) is 18.1 Å². The molecule has 0 saturated heterocycles. The van der Waals surface area contributed by atoms with Gasteiger partial charge in [-0.2, -0.15) is 0 Å². The Morgan fingerprint density at radius 2 is 2.11 bits per heavy atom. The standard InChI is InChI=1S/C13H20N4O/c1-9(10-5-3-2-4-6-10)16-13(18)11-7-15-8-12(14)17-11/h7-10H,2-6H2,1H3,(H2,14,17)(H,16,18). The molecule has 1 heterocycles. The number of carbonyl (C=O) groups is 1. The van der Waals surface area contributed by atoms with E-state index < -0.39 is 0 Å². The first-order valence-corrected chi connectivity index (χ1v) is 6.55. The van der Waals surface area contributed by atoms with E-state index in [2.05, 4.69) is 22.2 Å². The predicted molar refractivity (Wildman–Crippen MR) is 69.9 cm³/mol. The van der Waals surface area contributed by atoms with Gasteiger partial charge in [0.05, 0.1) is 12.4 Å². The molecular weight excluding hydrogens is 228 g/mol. The van der Waals surface area contributed by atoms with Gasteiger partial charge in [0.25, 0.3) is 5.91 Å². The van der Waals surface area contributed by atoms with E-state index in [0.717, 1.165) is 0 Å². The normalized spacial score (nSPS) is 18.3. The second kappa shape index (κ2) is 5.80. The van der Waals surface area contributed by atoms with Crippen LogP contribution in [0, 0.1) is 5.92 Å². The van der Waals surface area contributed by atoms with Crippen LogP contribution in [0.5, 0.6) is 0 Å². The summed E-state index contributed by atoms with van der Waals surface area (Å²) in [6.07, 6.45) is 9.12. The average molecular weight is 248 g/mol. The Bertz CT molecular complexity index is 415. The molecule has 0 spiro atoms. The van der Waals surface area contributed by atoms with E-state index in [9.17, 15) is 4.79 Å². The summed E-state index contributed by atoms with van der Waals surface area (Å²) >= 11 is 0. The molecule has 1 fully saturated rings. The summed E-state index contributed by atoms with van der Waals surface area (Å²) in [5, 5.41) is 3.00. The molecule has 2 rings (SSSR count). The van der Waals surface area contributed by atoms with Crippen molar-refractivity contribution in [2.45, 2.75) is 45.1 Å². The van der Waals surface area contributed by atoms with Gasteiger partial charge in [0, 0.05) is 6.04 Å². The lowest BCUT2D eigenvalue weighted by molar-refractivity contribution is 0.0914. The second-order valence-electron chi connectivity index (χ2n) is 4.99. The number of nitrogens with one attached hydrogen (secondary N) is 1. The molecule has 5 heteroatoms. The third kappa shape index (κ3) is 3.18. The van der Waals surface area contributed by atoms with Crippen molar-refractivity contribution in [3.63, 3.8) is 0 Å². The van der Waals surface area contributed by atoms with Crippen LogP contribution in [-0.4, -0.2) is 21.9 Å². The summed E-state index contributed by atoms with van der Waals surface area (Å²) in [5.41, 5.74) is 5.81. The van der Waals surface area contributed by atoms with Crippen LogP contribution in [0.15, 0.2) is 12.4 Å².